The monoisotopic (exact) mass is 380 g/mol. The highest BCUT2D eigenvalue weighted by atomic mass is 32.1. The van der Waals surface area contributed by atoms with E-state index >= 15 is 0 Å². The van der Waals surface area contributed by atoms with Crippen LogP contribution in [0.5, 0.6) is 5.88 Å². The molecule has 0 unspecified atom stereocenters. The molecule has 4 rings (SSSR count). The van der Waals surface area contributed by atoms with Crippen LogP contribution < -0.4 is 0 Å². The molecular formula is C17H18F2N4O2S. The average molecular weight is 380 g/mol. The first kappa shape index (κ1) is 17.3. The predicted molar refractivity (Wildman–Crippen MR) is 92.3 cm³/mol. The van der Waals surface area contributed by atoms with Crippen LogP contribution in [0.3, 0.4) is 0 Å². The normalized spacial score (nSPS) is 17.8. The largest absolute Gasteiger partial charge is 0.492 e. The molecule has 1 atom stereocenters. The Morgan fingerprint density at radius 1 is 1.23 bits per heavy atom. The van der Waals surface area contributed by atoms with Crippen molar-refractivity contribution in [2.45, 2.75) is 31.9 Å². The van der Waals surface area contributed by atoms with Crippen molar-refractivity contribution >= 4 is 16.3 Å². The molecule has 2 N–H and O–H groups in total. The number of hydrogen-bond acceptors (Lipinski definition) is 6. The quantitative estimate of drug-likeness (QED) is 0.731. The molecule has 3 heterocycles. The van der Waals surface area contributed by atoms with E-state index in [9.17, 15) is 19.0 Å². The number of aromatic nitrogens is 3. The third kappa shape index (κ3) is 2.95. The number of hydrogen-bond donors (Lipinski definition) is 2. The fourth-order valence-corrected chi connectivity index (χ4v) is 4.54. The van der Waals surface area contributed by atoms with Crippen molar-refractivity contribution in [2.24, 2.45) is 0 Å². The molecule has 0 bridgehead atoms. The average Bonchev–Trinajstić information content (AvgIpc) is 3.11. The fraction of sp³-hybridized carbons (Fsp3) is 0.412. The van der Waals surface area contributed by atoms with Gasteiger partial charge in [-0.1, -0.05) is 17.4 Å². The fourth-order valence-electron chi connectivity index (χ4n) is 3.38. The van der Waals surface area contributed by atoms with Gasteiger partial charge in [0, 0.05) is 13.1 Å². The molecule has 0 saturated carbocycles. The Balaban J connectivity index is 1.82. The van der Waals surface area contributed by atoms with Crippen molar-refractivity contribution in [3.63, 3.8) is 0 Å². The molecule has 0 amide bonds. The molecular weight excluding hydrogens is 362 g/mol. The molecule has 1 aliphatic heterocycles. The molecule has 6 nitrogen and oxygen atoms in total. The summed E-state index contributed by atoms with van der Waals surface area (Å²) in [7, 11) is 0. The van der Waals surface area contributed by atoms with Gasteiger partial charge in [-0.05, 0) is 37.5 Å². The number of aliphatic hydroxyl groups excluding tert-OH is 1. The van der Waals surface area contributed by atoms with E-state index in [4.69, 9.17) is 0 Å². The number of nitrogens with zero attached hydrogens (tertiary/aromatic N) is 4. The summed E-state index contributed by atoms with van der Waals surface area (Å²) in [4.78, 5) is 7.44. The summed E-state index contributed by atoms with van der Waals surface area (Å²) in [6.07, 6.45) is 0.803. The van der Waals surface area contributed by atoms with E-state index in [2.05, 4.69) is 15.0 Å². The molecule has 3 aromatic rings. The number of aromatic hydroxyl groups is 1. The molecule has 0 aliphatic carbocycles. The van der Waals surface area contributed by atoms with Crippen LogP contribution in [0, 0.1) is 18.6 Å². The zero-order chi connectivity index (χ0) is 18.4. The van der Waals surface area contributed by atoms with Crippen molar-refractivity contribution in [3.05, 3.63) is 46.1 Å². The van der Waals surface area contributed by atoms with Gasteiger partial charge in [0.2, 0.25) is 10.8 Å². The minimum absolute atomic E-state index is 0.0496. The number of thiazole rings is 1. The van der Waals surface area contributed by atoms with Crippen LogP contribution in [-0.4, -0.2) is 48.9 Å². The highest BCUT2D eigenvalue weighted by Crippen LogP contribution is 2.41. The maximum Gasteiger partial charge on any atom is 0.230 e. The number of aliphatic hydroxyl groups is 1. The van der Waals surface area contributed by atoms with Crippen molar-refractivity contribution in [1.82, 2.24) is 19.5 Å². The van der Waals surface area contributed by atoms with Gasteiger partial charge in [0.05, 0.1) is 17.0 Å². The van der Waals surface area contributed by atoms with Crippen LogP contribution in [0.4, 0.5) is 8.78 Å². The molecule has 1 saturated heterocycles. The Bertz CT molecular complexity index is 950. The van der Waals surface area contributed by atoms with Crippen LogP contribution in [0.1, 0.15) is 35.1 Å². The second-order valence-corrected chi connectivity index (χ2v) is 7.50. The highest BCUT2D eigenvalue weighted by molar-refractivity contribution is 7.17. The molecule has 0 spiro atoms. The molecule has 9 heteroatoms. The van der Waals surface area contributed by atoms with Crippen molar-refractivity contribution in [1.29, 1.82) is 0 Å². The molecule has 1 aromatic carbocycles. The third-order valence-corrected chi connectivity index (χ3v) is 5.75. The minimum atomic E-state index is -0.931. The first-order chi connectivity index (χ1) is 12.4. The van der Waals surface area contributed by atoms with Gasteiger partial charge >= 0.3 is 0 Å². The Morgan fingerprint density at radius 3 is 2.62 bits per heavy atom. The van der Waals surface area contributed by atoms with Crippen LogP contribution in [0.2, 0.25) is 0 Å². The molecule has 2 aromatic heterocycles. The van der Waals surface area contributed by atoms with E-state index in [1.165, 1.54) is 21.9 Å². The van der Waals surface area contributed by atoms with Crippen LogP contribution >= 0.6 is 11.3 Å². The topological polar surface area (TPSA) is 73.9 Å². The number of fused-ring (bicyclic) bond motifs is 1. The van der Waals surface area contributed by atoms with Gasteiger partial charge in [-0.2, -0.15) is 4.52 Å². The summed E-state index contributed by atoms with van der Waals surface area (Å²) >= 11 is 1.27. The number of likely N-dealkylation sites (tertiary alicyclic amines) is 1. The number of benzene rings is 1. The maximum absolute atomic E-state index is 13.9. The molecule has 1 aliphatic rings. The maximum atomic E-state index is 13.9. The third-order valence-electron chi connectivity index (χ3n) is 4.68. The first-order valence-corrected chi connectivity index (χ1v) is 9.18. The van der Waals surface area contributed by atoms with Crippen LogP contribution in [0.25, 0.3) is 4.96 Å². The number of piperidine rings is 1. The zero-order valence-corrected chi connectivity index (χ0v) is 14.9. The van der Waals surface area contributed by atoms with Crippen LogP contribution in [0.15, 0.2) is 18.2 Å². The van der Waals surface area contributed by atoms with E-state index in [1.54, 1.807) is 6.92 Å². The van der Waals surface area contributed by atoms with E-state index in [0.717, 1.165) is 12.1 Å². The predicted octanol–water partition coefficient (Wildman–Crippen LogP) is 2.63. The molecule has 0 radical (unpaired) electrons. The van der Waals surface area contributed by atoms with Gasteiger partial charge in [0.15, 0.2) is 11.6 Å². The number of rotatable bonds is 3. The van der Waals surface area contributed by atoms with Gasteiger partial charge in [-0.15, -0.1) is 5.10 Å². The summed E-state index contributed by atoms with van der Waals surface area (Å²) in [5, 5.41) is 24.6. The van der Waals surface area contributed by atoms with Gasteiger partial charge in [-0.3, -0.25) is 4.90 Å². The van der Waals surface area contributed by atoms with E-state index in [1.807, 2.05) is 0 Å². The van der Waals surface area contributed by atoms with Crippen molar-refractivity contribution in [3.8, 4) is 5.88 Å². The zero-order valence-electron chi connectivity index (χ0n) is 14.1. The van der Waals surface area contributed by atoms with E-state index in [-0.39, 0.29) is 12.0 Å². The van der Waals surface area contributed by atoms with Gasteiger partial charge in [0.25, 0.3) is 0 Å². The Labute approximate surface area is 152 Å². The van der Waals surface area contributed by atoms with Crippen molar-refractivity contribution < 1.29 is 19.0 Å². The highest BCUT2D eigenvalue weighted by Gasteiger charge is 2.32. The Morgan fingerprint density at radius 2 is 1.96 bits per heavy atom. The first-order valence-electron chi connectivity index (χ1n) is 8.36. The SMILES string of the molecule is Cc1nc2sc([C@H](c3ccc(F)c(F)c3)N3CCC(O)CC3)c(O)n2n1. The van der Waals surface area contributed by atoms with Gasteiger partial charge < -0.3 is 10.2 Å². The van der Waals surface area contributed by atoms with Crippen molar-refractivity contribution in [2.75, 3.05) is 13.1 Å². The summed E-state index contributed by atoms with van der Waals surface area (Å²) in [6.45, 7) is 2.89. The van der Waals surface area contributed by atoms with Gasteiger partial charge in [0.1, 0.15) is 5.82 Å². The smallest absolute Gasteiger partial charge is 0.230 e. The Kier molecular flexibility index (Phi) is 4.37. The molecule has 1 fully saturated rings. The summed E-state index contributed by atoms with van der Waals surface area (Å²) in [6, 6.07) is 3.31. The minimum Gasteiger partial charge on any atom is -0.492 e. The lowest BCUT2D eigenvalue weighted by atomic mass is 9.99. The molecule has 26 heavy (non-hydrogen) atoms. The lowest BCUT2D eigenvalue weighted by Gasteiger charge is -2.36. The lowest BCUT2D eigenvalue weighted by Crippen LogP contribution is -2.38. The second kappa shape index (κ2) is 6.57. The number of aryl methyl sites for hydroxylation is 1. The lowest BCUT2D eigenvalue weighted by molar-refractivity contribution is 0.0688. The van der Waals surface area contributed by atoms with E-state index in [0.29, 0.717) is 47.2 Å². The summed E-state index contributed by atoms with van der Waals surface area (Å²) in [5.74, 6) is -1.35. The Hall–Kier alpha value is -2.10. The van der Waals surface area contributed by atoms with Gasteiger partial charge in [-0.25, -0.2) is 13.8 Å². The second-order valence-electron chi connectivity index (χ2n) is 6.49. The molecule has 138 valence electrons. The van der Waals surface area contributed by atoms with E-state index < -0.39 is 17.7 Å². The summed E-state index contributed by atoms with van der Waals surface area (Å²) < 4.78 is 28.6. The standard InChI is InChI=1S/C17H18F2N4O2S/c1-9-20-17-23(21-9)16(25)15(26-17)14(22-6-4-11(24)5-7-22)10-2-3-12(18)13(19)8-10/h2-3,8,11,14,24-25H,4-7H2,1H3/t14-/m0/s1. The van der Waals surface area contributed by atoms with Crippen LogP contribution in [-0.2, 0) is 0 Å². The summed E-state index contributed by atoms with van der Waals surface area (Å²) in [5.41, 5.74) is 0.539. The number of halogens is 2.